The van der Waals surface area contributed by atoms with Gasteiger partial charge in [0.25, 0.3) is 0 Å². The molecule has 0 bridgehead atoms. The summed E-state index contributed by atoms with van der Waals surface area (Å²) < 4.78 is 0.347. The van der Waals surface area contributed by atoms with E-state index in [2.05, 4.69) is 9.97 Å². The fraction of sp³-hybridized carbons (Fsp3) is 0. The van der Waals surface area contributed by atoms with Crippen LogP contribution in [0.4, 0.5) is 0 Å². The monoisotopic (exact) mass is 206 g/mol. The average molecular weight is 206 g/mol. The van der Waals surface area contributed by atoms with E-state index in [1.807, 2.05) is 0 Å². The fourth-order valence-corrected chi connectivity index (χ4v) is 1.35. The molecule has 0 saturated carbocycles. The molecule has 0 aliphatic carbocycles. The molecule has 0 saturated heterocycles. The Bertz CT molecular complexity index is 562. The van der Waals surface area contributed by atoms with Gasteiger partial charge >= 0.3 is 5.97 Å². The van der Waals surface area contributed by atoms with Crippen LogP contribution in [0, 0.1) is 4.77 Å². The largest absolute Gasteiger partial charge is 0.478 e. The predicted molar refractivity (Wildman–Crippen MR) is 53.9 cm³/mol. The summed E-state index contributed by atoms with van der Waals surface area (Å²) in [6.45, 7) is 0. The van der Waals surface area contributed by atoms with Crippen LogP contribution in [0.15, 0.2) is 24.4 Å². The van der Waals surface area contributed by atoms with Gasteiger partial charge in [-0.2, -0.15) is 0 Å². The number of aromatic amines is 1. The molecule has 0 fully saturated rings. The second-order valence-electron chi connectivity index (χ2n) is 2.80. The van der Waals surface area contributed by atoms with E-state index in [1.54, 1.807) is 12.3 Å². The van der Waals surface area contributed by atoms with Gasteiger partial charge in [0.1, 0.15) is 0 Å². The number of nitrogens with zero attached hydrogens (tertiary/aromatic N) is 1. The normalized spacial score (nSPS) is 10.3. The number of carbonyl (C=O) groups is 1. The summed E-state index contributed by atoms with van der Waals surface area (Å²) in [4.78, 5) is 17.4. The van der Waals surface area contributed by atoms with Gasteiger partial charge in [-0.3, -0.25) is 0 Å². The minimum Gasteiger partial charge on any atom is -0.478 e. The van der Waals surface area contributed by atoms with Crippen LogP contribution in [0.1, 0.15) is 10.4 Å². The second kappa shape index (κ2) is 3.19. The van der Waals surface area contributed by atoms with Gasteiger partial charge in [-0.1, -0.05) is 6.07 Å². The third-order valence-corrected chi connectivity index (χ3v) is 2.07. The zero-order chi connectivity index (χ0) is 10.1. The van der Waals surface area contributed by atoms with Crippen LogP contribution >= 0.6 is 12.2 Å². The maximum absolute atomic E-state index is 10.7. The van der Waals surface area contributed by atoms with Crippen molar-refractivity contribution in [2.24, 2.45) is 0 Å². The predicted octanol–water partition coefficient (Wildman–Crippen LogP) is 1.99. The number of hydrogen-bond donors (Lipinski definition) is 2. The summed E-state index contributed by atoms with van der Waals surface area (Å²) in [6.07, 6.45) is 1.61. The number of H-pyrrole nitrogens is 1. The Labute approximate surface area is 84.2 Å². The zero-order valence-corrected chi connectivity index (χ0v) is 7.84. The lowest BCUT2D eigenvalue weighted by molar-refractivity contribution is 0.0697. The molecule has 0 spiro atoms. The van der Waals surface area contributed by atoms with Crippen molar-refractivity contribution in [1.82, 2.24) is 9.97 Å². The van der Waals surface area contributed by atoms with Crippen molar-refractivity contribution in [3.63, 3.8) is 0 Å². The van der Waals surface area contributed by atoms with Crippen LogP contribution in [0.3, 0.4) is 0 Å². The molecule has 0 aliphatic rings. The lowest BCUT2D eigenvalue weighted by atomic mass is 10.1. The summed E-state index contributed by atoms with van der Waals surface area (Å²) in [7, 11) is 0. The van der Waals surface area contributed by atoms with Gasteiger partial charge in [-0.15, -0.1) is 0 Å². The number of carboxylic acids is 1. The van der Waals surface area contributed by atoms with E-state index in [4.69, 9.17) is 17.3 Å². The van der Waals surface area contributed by atoms with Crippen molar-refractivity contribution in [2.45, 2.75) is 0 Å². The molecule has 5 heteroatoms. The van der Waals surface area contributed by atoms with Gasteiger partial charge in [-0.25, -0.2) is 9.78 Å². The summed E-state index contributed by atoms with van der Waals surface area (Å²) in [5.74, 6) is -0.956. The molecule has 1 aromatic heterocycles. The van der Waals surface area contributed by atoms with Crippen LogP contribution in [0.2, 0.25) is 0 Å². The van der Waals surface area contributed by atoms with Gasteiger partial charge in [0.15, 0.2) is 4.77 Å². The standard InChI is InChI=1S/C9H6N2O2S/c12-8(13)5-1-2-6-4-10-9(14)11-7(6)3-5/h1-4H,(H,12,13)(H,10,11,14). The molecule has 1 aromatic carbocycles. The van der Waals surface area contributed by atoms with E-state index < -0.39 is 5.97 Å². The molecule has 2 aromatic rings. The van der Waals surface area contributed by atoms with Gasteiger partial charge in [-0.05, 0) is 24.4 Å². The topological polar surface area (TPSA) is 66.0 Å². The first-order valence-electron chi connectivity index (χ1n) is 3.89. The molecule has 1 heterocycles. The molecule has 0 atom stereocenters. The molecule has 14 heavy (non-hydrogen) atoms. The lowest BCUT2D eigenvalue weighted by Gasteiger charge is -1.98. The first kappa shape index (κ1) is 8.83. The number of rotatable bonds is 1. The van der Waals surface area contributed by atoms with E-state index in [0.717, 1.165) is 5.39 Å². The van der Waals surface area contributed by atoms with Crippen molar-refractivity contribution in [1.29, 1.82) is 0 Å². The van der Waals surface area contributed by atoms with Crippen molar-refractivity contribution >= 4 is 29.1 Å². The number of fused-ring (bicyclic) bond motifs is 1. The van der Waals surface area contributed by atoms with E-state index >= 15 is 0 Å². The molecule has 4 nitrogen and oxygen atoms in total. The lowest BCUT2D eigenvalue weighted by Crippen LogP contribution is -1.96. The van der Waals surface area contributed by atoms with Crippen LogP contribution in [-0.2, 0) is 0 Å². The Morgan fingerprint density at radius 3 is 3.00 bits per heavy atom. The number of aromatic carboxylic acids is 1. The van der Waals surface area contributed by atoms with Gasteiger partial charge in [0, 0.05) is 17.1 Å². The molecule has 70 valence electrons. The van der Waals surface area contributed by atoms with Crippen molar-refractivity contribution < 1.29 is 9.90 Å². The molecule has 0 radical (unpaired) electrons. The van der Waals surface area contributed by atoms with E-state index in [9.17, 15) is 4.79 Å². The van der Waals surface area contributed by atoms with E-state index in [1.165, 1.54) is 12.1 Å². The minimum absolute atomic E-state index is 0.231. The highest BCUT2D eigenvalue weighted by molar-refractivity contribution is 7.71. The van der Waals surface area contributed by atoms with Gasteiger partial charge < -0.3 is 10.1 Å². The molecular formula is C9H6N2O2S. The molecule has 2 rings (SSSR count). The highest BCUT2D eigenvalue weighted by atomic mass is 32.1. The summed E-state index contributed by atoms with van der Waals surface area (Å²) in [5, 5.41) is 9.59. The SMILES string of the molecule is O=C(O)c1ccc2cnc(=S)[nH]c2c1. The molecule has 0 aliphatic heterocycles. The van der Waals surface area contributed by atoms with Crippen LogP contribution in [-0.4, -0.2) is 21.0 Å². The van der Waals surface area contributed by atoms with Crippen LogP contribution < -0.4 is 0 Å². The smallest absolute Gasteiger partial charge is 0.335 e. The Kier molecular flexibility index (Phi) is 2.01. The van der Waals surface area contributed by atoms with Crippen LogP contribution in [0.5, 0.6) is 0 Å². The summed E-state index contributed by atoms with van der Waals surface area (Å²) in [5.41, 5.74) is 0.916. The first-order chi connectivity index (χ1) is 6.66. The van der Waals surface area contributed by atoms with Crippen molar-refractivity contribution in [3.05, 3.63) is 34.7 Å². The third-order valence-electron chi connectivity index (χ3n) is 1.86. The Morgan fingerprint density at radius 1 is 1.50 bits per heavy atom. The zero-order valence-electron chi connectivity index (χ0n) is 7.02. The quantitative estimate of drug-likeness (QED) is 0.700. The van der Waals surface area contributed by atoms with Gasteiger partial charge in [0.05, 0.1) is 5.56 Å². The Hall–Kier alpha value is -1.75. The minimum atomic E-state index is -0.956. The number of aromatic nitrogens is 2. The van der Waals surface area contributed by atoms with Crippen LogP contribution in [0.25, 0.3) is 10.9 Å². The Balaban J connectivity index is 2.75. The summed E-state index contributed by atoms with van der Waals surface area (Å²) >= 11 is 4.83. The number of carboxylic acid groups (broad SMARTS) is 1. The highest BCUT2D eigenvalue weighted by Crippen LogP contribution is 2.12. The van der Waals surface area contributed by atoms with Gasteiger partial charge in [0.2, 0.25) is 0 Å². The number of hydrogen-bond acceptors (Lipinski definition) is 3. The maximum Gasteiger partial charge on any atom is 0.335 e. The van der Waals surface area contributed by atoms with E-state index in [-0.39, 0.29) is 5.56 Å². The first-order valence-corrected chi connectivity index (χ1v) is 4.30. The van der Waals surface area contributed by atoms with Crippen molar-refractivity contribution in [2.75, 3.05) is 0 Å². The molecular weight excluding hydrogens is 200 g/mol. The summed E-state index contributed by atoms with van der Waals surface area (Å²) in [6, 6.07) is 4.76. The number of nitrogens with one attached hydrogen (secondary N) is 1. The highest BCUT2D eigenvalue weighted by Gasteiger charge is 2.03. The molecule has 0 amide bonds. The number of benzene rings is 1. The third kappa shape index (κ3) is 1.49. The molecule has 0 unspecified atom stereocenters. The average Bonchev–Trinajstić information content (AvgIpc) is 2.16. The molecule has 2 N–H and O–H groups in total. The maximum atomic E-state index is 10.7. The van der Waals surface area contributed by atoms with Crippen molar-refractivity contribution in [3.8, 4) is 0 Å². The fourth-order valence-electron chi connectivity index (χ4n) is 1.19. The van der Waals surface area contributed by atoms with E-state index in [0.29, 0.717) is 10.3 Å². The Morgan fingerprint density at radius 2 is 2.29 bits per heavy atom. The second-order valence-corrected chi connectivity index (χ2v) is 3.18.